The van der Waals surface area contributed by atoms with E-state index in [0.29, 0.717) is 18.1 Å². The second-order valence-corrected chi connectivity index (χ2v) is 3.27. The van der Waals surface area contributed by atoms with Crippen LogP contribution in [0.1, 0.15) is 12.7 Å². The van der Waals surface area contributed by atoms with E-state index in [-0.39, 0.29) is 5.82 Å². The van der Waals surface area contributed by atoms with Gasteiger partial charge in [0.15, 0.2) is 5.82 Å². The lowest BCUT2D eigenvalue weighted by Crippen LogP contribution is -2.16. The van der Waals surface area contributed by atoms with E-state index in [1.165, 1.54) is 16.8 Å². The third kappa shape index (κ3) is 2.22. The van der Waals surface area contributed by atoms with Crippen LogP contribution in [0, 0.1) is 5.82 Å². The average molecular weight is 221 g/mol. The number of nitrogens with one attached hydrogen (secondary N) is 1. The molecule has 1 aromatic heterocycles. The Morgan fingerprint density at radius 1 is 1.44 bits per heavy atom. The normalized spacial score (nSPS) is 10.6. The third-order valence-corrected chi connectivity index (χ3v) is 2.12. The molecule has 0 atom stereocenters. The Labute approximate surface area is 92.3 Å². The molecule has 0 unspecified atom stereocenters. The Bertz CT molecular complexity index is 468. The molecule has 2 aromatic rings. The van der Waals surface area contributed by atoms with Gasteiger partial charge in [-0.3, -0.25) is 0 Å². The summed E-state index contributed by atoms with van der Waals surface area (Å²) in [6, 6.07) is 6.17. The summed E-state index contributed by atoms with van der Waals surface area (Å²) in [5, 5.41) is 14.4. The SMILES string of the molecule is CCNCc1nnnn1-c1cccc(F)c1. The summed E-state index contributed by atoms with van der Waals surface area (Å²) >= 11 is 0. The molecule has 5 nitrogen and oxygen atoms in total. The van der Waals surface area contributed by atoms with Crippen molar-refractivity contribution in [2.24, 2.45) is 0 Å². The van der Waals surface area contributed by atoms with Crippen LogP contribution in [0.4, 0.5) is 4.39 Å². The van der Waals surface area contributed by atoms with E-state index in [1.807, 2.05) is 6.92 Å². The Hall–Kier alpha value is -1.82. The molecule has 6 heteroatoms. The van der Waals surface area contributed by atoms with E-state index >= 15 is 0 Å². The fourth-order valence-electron chi connectivity index (χ4n) is 1.36. The summed E-state index contributed by atoms with van der Waals surface area (Å²) in [7, 11) is 0. The van der Waals surface area contributed by atoms with E-state index in [0.717, 1.165) is 6.54 Å². The number of hydrogen-bond donors (Lipinski definition) is 1. The van der Waals surface area contributed by atoms with Crippen molar-refractivity contribution in [3.8, 4) is 5.69 Å². The maximum Gasteiger partial charge on any atom is 0.170 e. The van der Waals surface area contributed by atoms with Gasteiger partial charge >= 0.3 is 0 Å². The second-order valence-electron chi connectivity index (χ2n) is 3.27. The lowest BCUT2D eigenvalue weighted by atomic mass is 10.3. The molecule has 0 radical (unpaired) electrons. The van der Waals surface area contributed by atoms with Crippen molar-refractivity contribution in [2.75, 3.05) is 6.54 Å². The summed E-state index contributed by atoms with van der Waals surface area (Å²) in [4.78, 5) is 0. The zero-order valence-corrected chi connectivity index (χ0v) is 8.89. The van der Waals surface area contributed by atoms with E-state index < -0.39 is 0 Å². The molecule has 0 amide bonds. The fraction of sp³-hybridized carbons (Fsp3) is 0.300. The molecule has 0 aliphatic rings. The van der Waals surface area contributed by atoms with Gasteiger partial charge in [-0.15, -0.1) is 5.10 Å². The van der Waals surface area contributed by atoms with Crippen LogP contribution in [-0.2, 0) is 6.54 Å². The van der Waals surface area contributed by atoms with Crippen molar-refractivity contribution >= 4 is 0 Å². The van der Waals surface area contributed by atoms with Gasteiger partial charge in [0.25, 0.3) is 0 Å². The van der Waals surface area contributed by atoms with Crippen LogP contribution in [0.3, 0.4) is 0 Å². The number of aromatic nitrogens is 4. The highest BCUT2D eigenvalue weighted by Crippen LogP contribution is 2.09. The minimum Gasteiger partial charge on any atom is -0.310 e. The van der Waals surface area contributed by atoms with Crippen LogP contribution in [0.15, 0.2) is 24.3 Å². The largest absolute Gasteiger partial charge is 0.310 e. The molecule has 2 rings (SSSR count). The molecule has 84 valence electrons. The average Bonchev–Trinajstić information content (AvgIpc) is 2.74. The number of benzene rings is 1. The Morgan fingerprint density at radius 3 is 3.06 bits per heavy atom. The first kappa shape index (κ1) is 10.7. The van der Waals surface area contributed by atoms with Gasteiger partial charge in [-0.2, -0.15) is 4.68 Å². The molecule has 0 spiro atoms. The van der Waals surface area contributed by atoms with Crippen LogP contribution in [-0.4, -0.2) is 26.8 Å². The van der Waals surface area contributed by atoms with Gasteiger partial charge in [0.2, 0.25) is 0 Å². The zero-order chi connectivity index (χ0) is 11.4. The molecule has 0 saturated carbocycles. The van der Waals surface area contributed by atoms with Gasteiger partial charge in [-0.1, -0.05) is 13.0 Å². The number of nitrogens with zero attached hydrogens (tertiary/aromatic N) is 4. The highest BCUT2D eigenvalue weighted by Gasteiger charge is 2.07. The summed E-state index contributed by atoms with van der Waals surface area (Å²) in [6.45, 7) is 3.38. The minimum atomic E-state index is -0.303. The summed E-state index contributed by atoms with van der Waals surface area (Å²) in [5.74, 6) is 0.356. The molecule has 0 bridgehead atoms. The van der Waals surface area contributed by atoms with Crippen LogP contribution in [0.2, 0.25) is 0 Å². The monoisotopic (exact) mass is 221 g/mol. The second kappa shape index (κ2) is 4.80. The molecule has 1 heterocycles. The Morgan fingerprint density at radius 2 is 2.31 bits per heavy atom. The van der Waals surface area contributed by atoms with Gasteiger partial charge in [-0.05, 0) is 35.2 Å². The van der Waals surface area contributed by atoms with Crippen molar-refractivity contribution in [1.82, 2.24) is 25.5 Å². The molecule has 1 N–H and O–H groups in total. The van der Waals surface area contributed by atoms with Crippen molar-refractivity contribution in [3.05, 3.63) is 35.9 Å². The summed E-state index contributed by atoms with van der Waals surface area (Å²) in [5.41, 5.74) is 0.623. The van der Waals surface area contributed by atoms with Crippen molar-refractivity contribution < 1.29 is 4.39 Å². The highest BCUT2D eigenvalue weighted by atomic mass is 19.1. The quantitative estimate of drug-likeness (QED) is 0.833. The maximum atomic E-state index is 13.0. The number of hydrogen-bond acceptors (Lipinski definition) is 4. The fourth-order valence-corrected chi connectivity index (χ4v) is 1.36. The first-order valence-electron chi connectivity index (χ1n) is 5.05. The predicted octanol–water partition coefficient (Wildman–Crippen LogP) is 0.911. The van der Waals surface area contributed by atoms with E-state index in [4.69, 9.17) is 0 Å². The van der Waals surface area contributed by atoms with Gasteiger partial charge in [0.05, 0.1) is 12.2 Å². The smallest absolute Gasteiger partial charge is 0.170 e. The van der Waals surface area contributed by atoms with E-state index in [2.05, 4.69) is 20.8 Å². The Kier molecular flexibility index (Phi) is 3.21. The van der Waals surface area contributed by atoms with Crippen molar-refractivity contribution in [2.45, 2.75) is 13.5 Å². The first-order chi connectivity index (χ1) is 7.81. The molecule has 0 aliphatic carbocycles. The van der Waals surface area contributed by atoms with Gasteiger partial charge in [0, 0.05) is 0 Å². The van der Waals surface area contributed by atoms with Crippen molar-refractivity contribution in [1.29, 1.82) is 0 Å². The van der Waals surface area contributed by atoms with E-state index in [1.54, 1.807) is 12.1 Å². The number of halogens is 1. The Balaban J connectivity index is 2.29. The molecular formula is C10H12FN5. The van der Waals surface area contributed by atoms with Crippen LogP contribution >= 0.6 is 0 Å². The minimum absolute atomic E-state index is 0.303. The zero-order valence-electron chi connectivity index (χ0n) is 8.89. The molecule has 16 heavy (non-hydrogen) atoms. The molecule has 0 fully saturated rings. The van der Waals surface area contributed by atoms with Crippen LogP contribution < -0.4 is 5.32 Å². The molecule has 0 aliphatic heterocycles. The topological polar surface area (TPSA) is 55.6 Å². The standard InChI is InChI=1S/C10H12FN5/c1-2-12-7-10-13-14-15-16(10)9-5-3-4-8(11)6-9/h3-6,12H,2,7H2,1H3. The van der Waals surface area contributed by atoms with Crippen LogP contribution in [0.25, 0.3) is 5.69 Å². The lowest BCUT2D eigenvalue weighted by molar-refractivity contribution is 0.621. The maximum absolute atomic E-state index is 13.0. The van der Waals surface area contributed by atoms with Crippen molar-refractivity contribution in [3.63, 3.8) is 0 Å². The number of tetrazole rings is 1. The summed E-state index contributed by atoms with van der Waals surface area (Å²) in [6.07, 6.45) is 0. The van der Waals surface area contributed by atoms with Gasteiger partial charge < -0.3 is 5.32 Å². The lowest BCUT2D eigenvalue weighted by Gasteiger charge is -2.04. The van der Waals surface area contributed by atoms with Gasteiger partial charge in [0.1, 0.15) is 5.82 Å². The first-order valence-corrected chi connectivity index (χ1v) is 5.05. The highest BCUT2D eigenvalue weighted by molar-refractivity contribution is 5.31. The van der Waals surface area contributed by atoms with Gasteiger partial charge in [-0.25, -0.2) is 4.39 Å². The predicted molar refractivity (Wildman–Crippen MR) is 56.5 cm³/mol. The molecule has 1 aromatic carbocycles. The summed E-state index contributed by atoms with van der Waals surface area (Å²) < 4.78 is 14.6. The molecular weight excluding hydrogens is 209 g/mol. The molecule has 0 saturated heterocycles. The van der Waals surface area contributed by atoms with Crippen LogP contribution in [0.5, 0.6) is 0 Å². The third-order valence-electron chi connectivity index (χ3n) is 2.12. The van der Waals surface area contributed by atoms with E-state index in [9.17, 15) is 4.39 Å². The number of rotatable bonds is 4.